The highest BCUT2D eigenvalue weighted by atomic mass is 127. The third kappa shape index (κ3) is 5.74. The van der Waals surface area contributed by atoms with Crippen molar-refractivity contribution in [3.63, 3.8) is 0 Å². The summed E-state index contributed by atoms with van der Waals surface area (Å²) in [5.41, 5.74) is 7.47. The zero-order valence-electron chi connectivity index (χ0n) is 15.6. The molecule has 3 rings (SSSR count). The molecule has 28 heavy (non-hydrogen) atoms. The first-order chi connectivity index (χ1) is 13.0. The fraction of sp³-hybridized carbons (Fsp3) is 0.316. The highest BCUT2D eigenvalue weighted by Crippen LogP contribution is 2.32. The average Bonchev–Trinajstić information content (AvgIpc) is 2.91. The fourth-order valence-electron chi connectivity index (χ4n) is 2.61. The monoisotopic (exact) mass is 517 g/mol. The Morgan fingerprint density at radius 2 is 1.89 bits per heavy atom. The fourth-order valence-corrected chi connectivity index (χ4v) is 3.56. The lowest BCUT2D eigenvalue weighted by atomic mass is 10.2. The van der Waals surface area contributed by atoms with Crippen molar-refractivity contribution in [2.45, 2.75) is 24.8 Å². The maximum atomic E-state index is 12.0. The maximum Gasteiger partial charge on any atom is 0.193 e. The van der Waals surface area contributed by atoms with Gasteiger partial charge in [-0.3, -0.25) is 0 Å². The number of nitrogens with one attached hydrogen (secondary N) is 1. The summed E-state index contributed by atoms with van der Waals surface area (Å²) in [5.74, 6) is 1.67. The molecular formula is C19H24IN3O4S. The van der Waals surface area contributed by atoms with Gasteiger partial charge >= 0.3 is 0 Å². The number of fused-ring (bicyclic) bond motifs is 1. The second-order valence-electron chi connectivity index (χ2n) is 6.09. The Balaban J connectivity index is 0.00000280. The van der Waals surface area contributed by atoms with E-state index in [-0.39, 0.29) is 42.2 Å². The van der Waals surface area contributed by atoms with Gasteiger partial charge in [-0.25, -0.2) is 13.4 Å². The molecule has 0 fully saturated rings. The number of sulfone groups is 1. The van der Waals surface area contributed by atoms with E-state index in [0.29, 0.717) is 29.6 Å². The first kappa shape index (κ1) is 22.3. The van der Waals surface area contributed by atoms with Crippen LogP contribution in [0.15, 0.2) is 52.4 Å². The zero-order valence-corrected chi connectivity index (χ0v) is 18.7. The van der Waals surface area contributed by atoms with Gasteiger partial charge in [0.05, 0.1) is 30.4 Å². The largest absolute Gasteiger partial charge is 0.490 e. The van der Waals surface area contributed by atoms with Crippen LogP contribution in [0.1, 0.15) is 18.9 Å². The lowest BCUT2D eigenvalue weighted by Gasteiger charge is -2.11. The number of hydrogen-bond donors (Lipinski definition) is 2. The number of aliphatic imine (C=N–C) groups is 1. The minimum atomic E-state index is -3.24. The van der Waals surface area contributed by atoms with Crippen LogP contribution in [0.4, 0.5) is 5.69 Å². The van der Waals surface area contributed by atoms with Crippen molar-refractivity contribution in [1.82, 2.24) is 0 Å². The maximum absolute atomic E-state index is 12.0. The topological polar surface area (TPSA) is 103 Å². The van der Waals surface area contributed by atoms with E-state index in [2.05, 4.69) is 10.3 Å². The predicted molar refractivity (Wildman–Crippen MR) is 121 cm³/mol. The Labute approximate surface area is 182 Å². The first-order valence-corrected chi connectivity index (χ1v) is 10.4. The number of hydrogen-bond acceptors (Lipinski definition) is 5. The van der Waals surface area contributed by atoms with Gasteiger partial charge in [-0.05, 0) is 29.8 Å². The predicted octanol–water partition coefficient (Wildman–Crippen LogP) is 3.19. The summed E-state index contributed by atoms with van der Waals surface area (Å²) in [6.45, 7) is 3.14. The third-order valence-electron chi connectivity index (χ3n) is 4.09. The summed E-state index contributed by atoms with van der Waals surface area (Å²) < 4.78 is 35.2. The Morgan fingerprint density at radius 1 is 1.14 bits per heavy atom. The molecule has 9 heteroatoms. The second kappa shape index (κ2) is 9.97. The molecule has 0 amide bonds. The minimum absolute atomic E-state index is 0. The van der Waals surface area contributed by atoms with Gasteiger partial charge in [-0.15, -0.1) is 24.0 Å². The van der Waals surface area contributed by atoms with E-state index in [1.807, 2.05) is 24.3 Å². The summed E-state index contributed by atoms with van der Waals surface area (Å²) >= 11 is 0. The molecule has 2 aromatic carbocycles. The number of ether oxygens (including phenoxy) is 2. The van der Waals surface area contributed by atoms with Gasteiger partial charge in [0.2, 0.25) is 0 Å². The molecule has 7 nitrogen and oxygen atoms in total. The molecular weight excluding hydrogens is 493 g/mol. The van der Waals surface area contributed by atoms with Gasteiger partial charge < -0.3 is 20.5 Å². The Morgan fingerprint density at radius 3 is 2.64 bits per heavy atom. The molecule has 1 heterocycles. The van der Waals surface area contributed by atoms with Crippen molar-refractivity contribution >= 4 is 45.5 Å². The average molecular weight is 517 g/mol. The van der Waals surface area contributed by atoms with E-state index in [1.165, 1.54) is 0 Å². The summed E-state index contributed by atoms with van der Waals surface area (Å²) in [7, 11) is -3.24. The van der Waals surface area contributed by atoms with Crippen molar-refractivity contribution in [3.05, 3.63) is 48.0 Å². The van der Waals surface area contributed by atoms with E-state index < -0.39 is 9.84 Å². The van der Waals surface area contributed by atoms with Crippen molar-refractivity contribution in [2.24, 2.45) is 10.7 Å². The third-order valence-corrected chi connectivity index (χ3v) is 5.82. The lowest BCUT2D eigenvalue weighted by Crippen LogP contribution is -2.22. The minimum Gasteiger partial charge on any atom is -0.490 e. The van der Waals surface area contributed by atoms with Crippen LogP contribution in [-0.4, -0.2) is 33.3 Å². The van der Waals surface area contributed by atoms with Gasteiger partial charge in [0.25, 0.3) is 0 Å². The number of nitrogens with zero attached hydrogens (tertiary/aromatic N) is 1. The first-order valence-electron chi connectivity index (χ1n) is 8.76. The van der Waals surface area contributed by atoms with E-state index in [9.17, 15) is 8.42 Å². The van der Waals surface area contributed by atoms with Crippen LogP contribution >= 0.6 is 24.0 Å². The summed E-state index contributed by atoms with van der Waals surface area (Å²) in [5, 5.41) is 3.01. The van der Waals surface area contributed by atoms with Crippen LogP contribution in [0.25, 0.3) is 0 Å². The molecule has 0 aromatic heterocycles. The van der Waals surface area contributed by atoms with Gasteiger partial charge in [0, 0.05) is 18.2 Å². The molecule has 0 spiro atoms. The number of nitrogens with two attached hydrogens (primary N) is 1. The summed E-state index contributed by atoms with van der Waals surface area (Å²) in [4.78, 5) is 4.58. The van der Waals surface area contributed by atoms with Gasteiger partial charge in [-0.1, -0.05) is 19.1 Å². The van der Waals surface area contributed by atoms with Crippen molar-refractivity contribution in [1.29, 1.82) is 0 Å². The molecule has 0 aliphatic carbocycles. The van der Waals surface area contributed by atoms with E-state index >= 15 is 0 Å². The molecule has 1 aliphatic heterocycles. The van der Waals surface area contributed by atoms with E-state index in [1.54, 1.807) is 25.1 Å². The van der Waals surface area contributed by atoms with Crippen molar-refractivity contribution in [2.75, 3.05) is 24.3 Å². The molecule has 152 valence electrons. The molecule has 0 bridgehead atoms. The van der Waals surface area contributed by atoms with E-state index in [4.69, 9.17) is 15.2 Å². The number of rotatable bonds is 5. The van der Waals surface area contributed by atoms with Crippen LogP contribution in [0.5, 0.6) is 11.5 Å². The van der Waals surface area contributed by atoms with Crippen LogP contribution in [0, 0.1) is 0 Å². The SMILES string of the molecule is CCS(=O)(=O)c1cccc(CN=C(N)Nc2ccc3c(c2)OCCCO3)c1.I. The molecule has 1 aliphatic rings. The molecule has 0 atom stereocenters. The van der Waals surface area contributed by atoms with Crippen LogP contribution in [-0.2, 0) is 16.4 Å². The standard InChI is InChI=1S/C19H23N3O4S.HI/c1-2-27(23,24)16-6-3-5-14(11-16)13-21-19(20)22-15-7-8-17-18(12-15)26-10-4-9-25-17;/h3,5-8,11-12H,2,4,9-10,13H2,1H3,(H3,20,21,22);1H. The molecule has 0 saturated heterocycles. The molecule has 0 radical (unpaired) electrons. The van der Waals surface area contributed by atoms with Crippen LogP contribution < -0.4 is 20.5 Å². The van der Waals surface area contributed by atoms with Crippen molar-refractivity contribution in [3.8, 4) is 11.5 Å². The Hall–Kier alpha value is -2.01. The highest BCUT2D eigenvalue weighted by molar-refractivity contribution is 14.0. The molecule has 3 N–H and O–H groups in total. The number of anilines is 1. The number of halogens is 1. The highest BCUT2D eigenvalue weighted by Gasteiger charge is 2.12. The smallest absolute Gasteiger partial charge is 0.193 e. The molecule has 0 saturated carbocycles. The number of guanidine groups is 1. The summed E-state index contributed by atoms with van der Waals surface area (Å²) in [6, 6.07) is 12.2. The summed E-state index contributed by atoms with van der Waals surface area (Å²) in [6.07, 6.45) is 0.841. The quantitative estimate of drug-likeness (QED) is 0.359. The van der Waals surface area contributed by atoms with Gasteiger partial charge in [0.1, 0.15) is 0 Å². The second-order valence-corrected chi connectivity index (χ2v) is 8.37. The van der Waals surface area contributed by atoms with E-state index in [0.717, 1.165) is 17.7 Å². The molecule has 0 unspecified atom stereocenters. The van der Waals surface area contributed by atoms with Crippen LogP contribution in [0.2, 0.25) is 0 Å². The zero-order chi connectivity index (χ0) is 19.3. The Kier molecular flexibility index (Phi) is 7.93. The van der Waals surface area contributed by atoms with Gasteiger partial charge in [-0.2, -0.15) is 0 Å². The van der Waals surface area contributed by atoms with Crippen LogP contribution in [0.3, 0.4) is 0 Å². The molecule has 2 aromatic rings. The normalized spacial score (nSPS) is 14.0. The lowest BCUT2D eigenvalue weighted by molar-refractivity contribution is 0.297. The van der Waals surface area contributed by atoms with Gasteiger partial charge in [0.15, 0.2) is 27.3 Å². The van der Waals surface area contributed by atoms with Crippen molar-refractivity contribution < 1.29 is 17.9 Å². The number of benzene rings is 2. The Bertz CT molecular complexity index is 948.